The number of aliphatic imine (C=N–C) groups is 1. The number of thiophene rings is 1. The van der Waals surface area contributed by atoms with Crippen LogP contribution in [0.1, 0.15) is 73.4 Å². The van der Waals surface area contributed by atoms with Crippen LogP contribution >= 0.6 is 11.3 Å². The number of hydrogen-bond donors (Lipinski definition) is 1. The van der Waals surface area contributed by atoms with Crippen LogP contribution in [0.2, 0.25) is 0 Å². The second-order valence-electron chi connectivity index (χ2n) is 11.3. The summed E-state index contributed by atoms with van der Waals surface area (Å²) in [7, 11) is 0. The first-order valence-electron chi connectivity index (χ1n) is 13.0. The Balaban J connectivity index is 1.49. The number of nitrogens with two attached hydrogens (primary N) is 1. The van der Waals surface area contributed by atoms with Crippen molar-refractivity contribution < 1.29 is 14.3 Å². The van der Waals surface area contributed by atoms with E-state index in [1.54, 1.807) is 11.3 Å². The van der Waals surface area contributed by atoms with Crippen molar-refractivity contribution in [2.24, 2.45) is 16.1 Å². The summed E-state index contributed by atoms with van der Waals surface area (Å²) < 4.78 is 11.2. The Morgan fingerprint density at radius 1 is 1.16 bits per heavy atom. The van der Waals surface area contributed by atoms with Crippen LogP contribution in [-0.2, 0) is 17.6 Å². The summed E-state index contributed by atoms with van der Waals surface area (Å²) in [6.07, 6.45) is 6.71. The van der Waals surface area contributed by atoms with E-state index in [-0.39, 0.29) is 18.0 Å². The van der Waals surface area contributed by atoms with Gasteiger partial charge in [0.2, 0.25) is 6.79 Å². The monoisotopic (exact) mass is 512 g/mol. The minimum atomic E-state index is -0.528. The van der Waals surface area contributed by atoms with Crippen LogP contribution in [0.15, 0.2) is 45.9 Å². The normalized spacial score (nSPS) is 23.5. The van der Waals surface area contributed by atoms with E-state index in [4.69, 9.17) is 20.2 Å². The average Bonchev–Trinajstić information content (AvgIpc) is 3.40. The number of aryl methyl sites for hydroxylation is 1. The van der Waals surface area contributed by atoms with Crippen molar-refractivity contribution in [3.8, 4) is 17.6 Å². The van der Waals surface area contributed by atoms with Crippen molar-refractivity contribution in [3.63, 3.8) is 0 Å². The topological polar surface area (TPSA) is 101 Å². The minimum Gasteiger partial charge on any atom is -0.454 e. The predicted molar refractivity (Wildman–Crippen MR) is 142 cm³/mol. The van der Waals surface area contributed by atoms with Crippen LogP contribution in [0.4, 0.5) is 5.00 Å². The Hall–Kier alpha value is -3.57. The maximum Gasteiger partial charge on any atom is 0.231 e. The van der Waals surface area contributed by atoms with Crippen molar-refractivity contribution in [2.45, 2.75) is 64.7 Å². The first-order valence-corrected chi connectivity index (χ1v) is 13.8. The molecule has 7 nitrogen and oxygen atoms in total. The average molecular weight is 513 g/mol. The number of allylic oxidation sites excluding steroid dienone is 3. The first kappa shape index (κ1) is 22.6. The van der Waals surface area contributed by atoms with Gasteiger partial charge in [0.1, 0.15) is 10.8 Å². The zero-order valence-electron chi connectivity index (χ0n) is 21.0. The summed E-state index contributed by atoms with van der Waals surface area (Å²) in [4.78, 5) is 22.3. The molecule has 4 heterocycles. The quantitative estimate of drug-likeness (QED) is 0.510. The van der Waals surface area contributed by atoms with E-state index in [2.05, 4.69) is 24.8 Å². The Morgan fingerprint density at radius 2 is 1.97 bits per heavy atom. The van der Waals surface area contributed by atoms with Crippen molar-refractivity contribution >= 4 is 28.0 Å². The maximum absolute atomic E-state index is 13.9. The number of amidine groups is 1. The van der Waals surface area contributed by atoms with Crippen molar-refractivity contribution in [2.75, 3.05) is 11.7 Å². The van der Waals surface area contributed by atoms with Gasteiger partial charge in [0.15, 0.2) is 23.1 Å². The minimum absolute atomic E-state index is 0.0860. The molecule has 188 valence electrons. The molecule has 0 radical (unpaired) electrons. The van der Waals surface area contributed by atoms with Gasteiger partial charge in [-0.25, -0.2) is 4.99 Å². The third-order valence-corrected chi connectivity index (χ3v) is 9.41. The molecule has 2 aliphatic carbocycles. The zero-order chi connectivity index (χ0) is 25.5. The number of fused-ring (bicyclic) bond motifs is 7. The highest BCUT2D eigenvalue weighted by Gasteiger charge is 2.48. The molecule has 2 N–H and O–H groups in total. The highest BCUT2D eigenvalue weighted by Crippen LogP contribution is 2.55. The molecule has 0 fully saturated rings. The number of hydrogen-bond acceptors (Lipinski definition) is 8. The lowest BCUT2D eigenvalue weighted by Crippen LogP contribution is -2.41. The number of ether oxygens (including phenoxy) is 2. The van der Waals surface area contributed by atoms with Crippen molar-refractivity contribution in [1.82, 2.24) is 0 Å². The number of carbonyl (C=O) groups is 1. The molecular weight excluding hydrogens is 484 g/mol. The number of rotatable bonds is 1. The SMILES string of the molecule is CC1(C)CC(=O)C2=C(C1)N1C(=C(C#N)C2c2ccc3c(c2)OCO3)N=C(N)c2c1sc1c2CCCCC1. The lowest BCUT2D eigenvalue weighted by molar-refractivity contribution is -0.118. The summed E-state index contributed by atoms with van der Waals surface area (Å²) in [5.74, 6) is 1.88. The Kier molecular flexibility index (Phi) is 4.87. The van der Waals surface area contributed by atoms with E-state index >= 15 is 0 Å². The Bertz CT molecular complexity index is 1520. The number of ketones is 1. The van der Waals surface area contributed by atoms with Gasteiger partial charge in [-0.05, 0) is 60.8 Å². The van der Waals surface area contributed by atoms with Crippen LogP contribution in [-0.4, -0.2) is 18.4 Å². The maximum atomic E-state index is 13.9. The number of nitriles is 1. The number of carbonyl (C=O) groups excluding carboxylic acids is 1. The first-order chi connectivity index (χ1) is 17.9. The van der Waals surface area contributed by atoms with Gasteiger partial charge in [0, 0.05) is 22.6 Å². The van der Waals surface area contributed by atoms with Crippen LogP contribution in [0.25, 0.3) is 0 Å². The molecule has 37 heavy (non-hydrogen) atoms. The van der Waals surface area contributed by atoms with Crippen LogP contribution in [0.5, 0.6) is 11.5 Å². The highest BCUT2D eigenvalue weighted by molar-refractivity contribution is 7.17. The second-order valence-corrected chi connectivity index (χ2v) is 12.4. The number of benzene rings is 1. The van der Waals surface area contributed by atoms with Crippen LogP contribution < -0.4 is 20.1 Å². The molecule has 8 heteroatoms. The van der Waals surface area contributed by atoms with Gasteiger partial charge in [-0.15, -0.1) is 11.3 Å². The Morgan fingerprint density at radius 3 is 2.81 bits per heavy atom. The van der Waals surface area contributed by atoms with Gasteiger partial charge in [0.25, 0.3) is 0 Å². The predicted octanol–water partition coefficient (Wildman–Crippen LogP) is 5.45. The summed E-state index contributed by atoms with van der Waals surface area (Å²) in [5.41, 5.74) is 11.7. The van der Waals surface area contributed by atoms with E-state index in [1.165, 1.54) is 23.3 Å². The molecule has 0 saturated heterocycles. The fourth-order valence-electron chi connectivity index (χ4n) is 6.54. The largest absolute Gasteiger partial charge is 0.454 e. The lowest BCUT2D eigenvalue weighted by atomic mass is 9.68. The summed E-state index contributed by atoms with van der Waals surface area (Å²) in [6, 6.07) is 8.12. The van der Waals surface area contributed by atoms with Crippen molar-refractivity contribution in [3.05, 3.63) is 62.4 Å². The van der Waals surface area contributed by atoms with Gasteiger partial charge >= 0.3 is 0 Å². The second kappa shape index (κ2) is 7.96. The van der Waals surface area contributed by atoms with Crippen molar-refractivity contribution in [1.29, 1.82) is 5.26 Å². The lowest BCUT2D eigenvalue weighted by Gasteiger charge is -2.44. The molecule has 0 bridgehead atoms. The molecular formula is C29H28N4O3S. The molecule has 5 aliphatic rings. The van der Waals surface area contributed by atoms with E-state index in [1.807, 2.05) is 18.2 Å². The molecule has 3 aliphatic heterocycles. The van der Waals surface area contributed by atoms with Gasteiger partial charge in [0.05, 0.1) is 23.1 Å². The fraction of sp³-hybridized carbons (Fsp3) is 0.414. The molecule has 1 aromatic heterocycles. The van der Waals surface area contributed by atoms with E-state index < -0.39 is 5.92 Å². The van der Waals surface area contributed by atoms with Gasteiger partial charge < -0.3 is 15.2 Å². The molecule has 1 unspecified atom stereocenters. The zero-order valence-corrected chi connectivity index (χ0v) is 21.8. The summed E-state index contributed by atoms with van der Waals surface area (Å²) in [5, 5.41) is 11.6. The Labute approximate surface area is 219 Å². The van der Waals surface area contributed by atoms with E-state index in [0.717, 1.165) is 47.5 Å². The van der Waals surface area contributed by atoms with Gasteiger partial charge in [-0.3, -0.25) is 9.69 Å². The highest BCUT2D eigenvalue weighted by atomic mass is 32.1. The fourth-order valence-corrected chi connectivity index (χ4v) is 7.96. The third kappa shape index (κ3) is 3.30. The standard InChI is InChI=1S/C29H28N4O3S/c1-29(2)11-18-25(19(34)12-29)23(15-8-9-20-21(10-15)36-14-35-20)17(13-30)27-32-26(31)24-16-6-4-3-5-7-22(16)37-28(24)33(18)27/h8-10,23H,3-7,11-12,14H2,1-2H3,(H2,31,32). The van der Waals surface area contributed by atoms with Gasteiger partial charge in [-0.2, -0.15) is 5.26 Å². The van der Waals surface area contributed by atoms with Crippen LogP contribution in [0, 0.1) is 16.7 Å². The number of anilines is 1. The third-order valence-electron chi connectivity index (χ3n) is 8.14. The summed E-state index contributed by atoms with van der Waals surface area (Å²) in [6.45, 7) is 4.44. The molecule has 0 saturated carbocycles. The van der Waals surface area contributed by atoms with Gasteiger partial charge in [-0.1, -0.05) is 26.3 Å². The van der Waals surface area contributed by atoms with E-state index in [9.17, 15) is 10.1 Å². The number of Topliss-reactive ketones (excluding diaryl/α,β-unsaturated/α-hetero) is 1. The van der Waals surface area contributed by atoms with E-state index in [0.29, 0.717) is 40.7 Å². The number of nitrogens with zero attached hydrogens (tertiary/aromatic N) is 3. The molecule has 7 rings (SSSR count). The summed E-state index contributed by atoms with van der Waals surface area (Å²) >= 11 is 1.76. The molecule has 0 amide bonds. The molecule has 0 spiro atoms. The molecule has 1 aromatic carbocycles. The van der Waals surface area contributed by atoms with Crippen LogP contribution in [0.3, 0.4) is 0 Å². The smallest absolute Gasteiger partial charge is 0.231 e. The molecule has 2 aromatic rings. The molecule has 1 atom stereocenters.